The van der Waals surface area contributed by atoms with Gasteiger partial charge < -0.3 is 4.74 Å². The molecule has 0 fully saturated rings. The van der Waals surface area contributed by atoms with Crippen molar-refractivity contribution >= 4 is 0 Å². The summed E-state index contributed by atoms with van der Waals surface area (Å²) in [7, 11) is 1.72. The molecule has 108 valence electrons. The number of ether oxygens (including phenoxy) is 1. The van der Waals surface area contributed by atoms with E-state index in [0.29, 0.717) is 0 Å². The summed E-state index contributed by atoms with van der Waals surface area (Å²) in [6.45, 7) is 8.03. The van der Waals surface area contributed by atoms with E-state index in [1.54, 1.807) is 7.11 Å². The first-order valence-corrected chi connectivity index (χ1v) is 7.65. The summed E-state index contributed by atoms with van der Waals surface area (Å²) in [6, 6.07) is 8.47. The van der Waals surface area contributed by atoms with E-state index in [-0.39, 0.29) is 0 Å². The van der Waals surface area contributed by atoms with Crippen molar-refractivity contribution in [3.05, 3.63) is 29.8 Å². The van der Waals surface area contributed by atoms with Gasteiger partial charge in [0.25, 0.3) is 0 Å². The molecule has 1 rings (SSSR count). The summed E-state index contributed by atoms with van der Waals surface area (Å²) in [6.07, 6.45) is 6.51. The number of methoxy groups -OCH3 is 1. The summed E-state index contributed by atoms with van der Waals surface area (Å²) in [5.74, 6) is 0.940. The number of rotatable bonds is 10. The van der Waals surface area contributed by atoms with E-state index in [4.69, 9.17) is 4.74 Å². The second kappa shape index (κ2) is 9.85. The predicted octanol–water partition coefficient (Wildman–Crippen LogP) is 4.49. The lowest BCUT2D eigenvalue weighted by Gasteiger charge is -2.22. The van der Waals surface area contributed by atoms with Crippen LogP contribution >= 0.6 is 0 Å². The molecule has 0 saturated heterocycles. The largest absolute Gasteiger partial charge is 0.497 e. The molecule has 0 radical (unpaired) electrons. The first-order chi connectivity index (χ1) is 9.30. The smallest absolute Gasteiger partial charge is 0.118 e. The molecule has 2 heteroatoms. The van der Waals surface area contributed by atoms with E-state index in [0.717, 1.165) is 12.3 Å². The van der Waals surface area contributed by atoms with Crippen molar-refractivity contribution in [3.8, 4) is 5.75 Å². The molecule has 0 aliphatic carbocycles. The number of unbranched alkanes of at least 4 members (excludes halogenated alkanes) is 3. The second-order valence-electron chi connectivity index (χ2n) is 5.18. The van der Waals surface area contributed by atoms with Gasteiger partial charge in [-0.25, -0.2) is 0 Å². The Bertz CT molecular complexity index is 321. The zero-order valence-corrected chi connectivity index (χ0v) is 12.8. The van der Waals surface area contributed by atoms with Crippen LogP contribution in [0.15, 0.2) is 24.3 Å². The molecule has 1 aromatic rings. The molecule has 0 saturated carbocycles. The SMILES string of the molecule is CCCCCN(CCCC)Cc1ccc(OC)cc1. The molecule has 0 heterocycles. The third-order valence-electron chi connectivity index (χ3n) is 3.47. The average molecular weight is 263 g/mol. The van der Waals surface area contributed by atoms with Gasteiger partial charge >= 0.3 is 0 Å². The first-order valence-electron chi connectivity index (χ1n) is 7.65. The minimum atomic E-state index is 0.940. The van der Waals surface area contributed by atoms with Gasteiger partial charge in [0.1, 0.15) is 5.75 Å². The van der Waals surface area contributed by atoms with Gasteiger partial charge in [0, 0.05) is 6.54 Å². The zero-order valence-electron chi connectivity index (χ0n) is 12.8. The molecular weight excluding hydrogens is 234 g/mol. The fourth-order valence-corrected chi connectivity index (χ4v) is 2.23. The Labute approximate surface area is 118 Å². The van der Waals surface area contributed by atoms with Crippen molar-refractivity contribution in [1.29, 1.82) is 0 Å². The third kappa shape index (κ3) is 6.63. The van der Waals surface area contributed by atoms with Crippen molar-refractivity contribution in [3.63, 3.8) is 0 Å². The highest BCUT2D eigenvalue weighted by Crippen LogP contribution is 2.14. The molecule has 0 N–H and O–H groups in total. The van der Waals surface area contributed by atoms with Gasteiger partial charge in [-0.15, -0.1) is 0 Å². The summed E-state index contributed by atoms with van der Waals surface area (Å²) >= 11 is 0. The van der Waals surface area contributed by atoms with Gasteiger partial charge in [0.05, 0.1) is 7.11 Å². The van der Waals surface area contributed by atoms with Crippen molar-refractivity contribution < 1.29 is 4.74 Å². The molecule has 1 aromatic carbocycles. The van der Waals surface area contributed by atoms with Crippen LogP contribution in [0.2, 0.25) is 0 Å². The molecule has 0 aromatic heterocycles. The van der Waals surface area contributed by atoms with Crippen molar-refractivity contribution in [2.24, 2.45) is 0 Å². The number of hydrogen-bond donors (Lipinski definition) is 0. The molecule has 0 aliphatic rings. The van der Waals surface area contributed by atoms with Gasteiger partial charge in [-0.2, -0.15) is 0 Å². The maximum Gasteiger partial charge on any atom is 0.118 e. The number of benzene rings is 1. The maximum atomic E-state index is 5.20. The van der Waals surface area contributed by atoms with E-state index in [1.807, 2.05) is 0 Å². The molecule has 19 heavy (non-hydrogen) atoms. The standard InChI is InChI=1S/C17H29NO/c1-4-6-8-14-18(13-7-5-2)15-16-9-11-17(19-3)12-10-16/h9-12H,4-8,13-15H2,1-3H3. The maximum absolute atomic E-state index is 5.20. The Hall–Kier alpha value is -1.02. The Morgan fingerprint density at radius 2 is 1.53 bits per heavy atom. The molecular formula is C17H29NO. The molecule has 0 atom stereocenters. The van der Waals surface area contributed by atoms with E-state index in [2.05, 4.69) is 43.0 Å². The van der Waals surface area contributed by atoms with Crippen LogP contribution in [0.4, 0.5) is 0 Å². The highest BCUT2D eigenvalue weighted by atomic mass is 16.5. The zero-order chi connectivity index (χ0) is 13.9. The van der Waals surface area contributed by atoms with Crippen LogP contribution in [0.3, 0.4) is 0 Å². The quantitative estimate of drug-likeness (QED) is 0.577. The monoisotopic (exact) mass is 263 g/mol. The molecule has 0 spiro atoms. The normalized spacial score (nSPS) is 10.9. The summed E-state index contributed by atoms with van der Waals surface area (Å²) < 4.78 is 5.20. The van der Waals surface area contributed by atoms with Gasteiger partial charge in [-0.05, 0) is 43.6 Å². The summed E-state index contributed by atoms with van der Waals surface area (Å²) in [5, 5.41) is 0. The topological polar surface area (TPSA) is 12.5 Å². The predicted molar refractivity (Wildman–Crippen MR) is 82.7 cm³/mol. The first kappa shape index (κ1) is 16.0. The molecule has 0 bridgehead atoms. The Kier molecular flexibility index (Phi) is 8.31. The lowest BCUT2D eigenvalue weighted by Crippen LogP contribution is -2.25. The second-order valence-corrected chi connectivity index (χ2v) is 5.18. The Morgan fingerprint density at radius 3 is 2.11 bits per heavy atom. The van der Waals surface area contributed by atoms with Crippen molar-refractivity contribution in [1.82, 2.24) is 4.90 Å². The van der Waals surface area contributed by atoms with Crippen molar-refractivity contribution in [2.45, 2.75) is 52.5 Å². The molecule has 2 nitrogen and oxygen atoms in total. The molecule has 0 amide bonds. The lowest BCUT2D eigenvalue weighted by molar-refractivity contribution is 0.255. The summed E-state index contributed by atoms with van der Waals surface area (Å²) in [5.41, 5.74) is 1.38. The van der Waals surface area contributed by atoms with Crippen LogP contribution < -0.4 is 4.74 Å². The number of hydrogen-bond acceptors (Lipinski definition) is 2. The van der Waals surface area contributed by atoms with Crippen LogP contribution in [0.1, 0.15) is 51.5 Å². The fourth-order valence-electron chi connectivity index (χ4n) is 2.23. The lowest BCUT2D eigenvalue weighted by atomic mass is 10.1. The van der Waals surface area contributed by atoms with Crippen LogP contribution in [-0.2, 0) is 6.54 Å². The van der Waals surface area contributed by atoms with Crippen LogP contribution in [-0.4, -0.2) is 25.1 Å². The van der Waals surface area contributed by atoms with E-state index < -0.39 is 0 Å². The van der Waals surface area contributed by atoms with Gasteiger partial charge in [-0.1, -0.05) is 45.2 Å². The average Bonchev–Trinajstić information content (AvgIpc) is 2.45. The molecule has 0 unspecified atom stereocenters. The van der Waals surface area contributed by atoms with Crippen molar-refractivity contribution in [2.75, 3.05) is 20.2 Å². The minimum Gasteiger partial charge on any atom is -0.497 e. The van der Waals surface area contributed by atoms with Gasteiger partial charge in [-0.3, -0.25) is 4.90 Å². The van der Waals surface area contributed by atoms with Crippen LogP contribution in [0.5, 0.6) is 5.75 Å². The van der Waals surface area contributed by atoms with Crippen LogP contribution in [0, 0.1) is 0 Å². The molecule has 0 aliphatic heterocycles. The fraction of sp³-hybridized carbons (Fsp3) is 0.647. The van der Waals surface area contributed by atoms with Crippen LogP contribution in [0.25, 0.3) is 0 Å². The van der Waals surface area contributed by atoms with E-state index in [9.17, 15) is 0 Å². The van der Waals surface area contributed by atoms with Gasteiger partial charge in [0.2, 0.25) is 0 Å². The number of nitrogens with zero attached hydrogens (tertiary/aromatic N) is 1. The highest BCUT2D eigenvalue weighted by molar-refractivity contribution is 5.27. The van der Waals surface area contributed by atoms with Gasteiger partial charge in [0.15, 0.2) is 0 Å². The Morgan fingerprint density at radius 1 is 0.895 bits per heavy atom. The highest BCUT2D eigenvalue weighted by Gasteiger charge is 2.05. The Balaban J connectivity index is 2.48. The summed E-state index contributed by atoms with van der Waals surface area (Å²) in [4.78, 5) is 2.58. The third-order valence-corrected chi connectivity index (χ3v) is 3.47. The van der Waals surface area contributed by atoms with E-state index >= 15 is 0 Å². The minimum absolute atomic E-state index is 0.940. The van der Waals surface area contributed by atoms with E-state index in [1.165, 1.54) is 50.8 Å².